The van der Waals surface area contributed by atoms with Gasteiger partial charge in [0.1, 0.15) is 0 Å². The predicted molar refractivity (Wildman–Crippen MR) is 44.6 cm³/mol. The summed E-state index contributed by atoms with van der Waals surface area (Å²) in [7, 11) is 0. The Balaban J connectivity index is 2.31. The van der Waals surface area contributed by atoms with Crippen molar-refractivity contribution < 1.29 is 0 Å². The van der Waals surface area contributed by atoms with Gasteiger partial charge in [-0.25, -0.2) is 0 Å². The highest BCUT2D eigenvalue weighted by atomic mass is 14.1. The van der Waals surface area contributed by atoms with Gasteiger partial charge in [0.15, 0.2) is 0 Å². The van der Waals surface area contributed by atoms with E-state index in [1.165, 1.54) is 32.1 Å². The van der Waals surface area contributed by atoms with Crippen LogP contribution in [0.2, 0.25) is 0 Å². The van der Waals surface area contributed by atoms with Crippen molar-refractivity contribution in [3.05, 3.63) is 0 Å². The van der Waals surface area contributed by atoms with Crippen molar-refractivity contribution in [1.82, 2.24) is 0 Å². The fourth-order valence-electron chi connectivity index (χ4n) is 1.46. The van der Waals surface area contributed by atoms with Gasteiger partial charge in [-0.3, -0.25) is 0 Å². The monoisotopic (exact) mass is 136 g/mol. The van der Waals surface area contributed by atoms with Crippen molar-refractivity contribution in [3.63, 3.8) is 0 Å². The standard InChI is InChI=1S/C10H16/c1-2-7-10-8-5-3-4-6-9-10/h10H,2-5,7-8H2,1H3. The molecule has 0 aromatic heterocycles. The molecule has 0 heteroatoms. The van der Waals surface area contributed by atoms with Crippen molar-refractivity contribution in [2.45, 2.75) is 45.4 Å². The topological polar surface area (TPSA) is 0 Å². The number of hydrogen-bond donors (Lipinski definition) is 0. The number of hydrogen-bond acceptors (Lipinski definition) is 0. The SMILES string of the molecule is CCCC1C#CCCCC1. The van der Waals surface area contributed by atoms with E-state index in [9.17, 15) is 0 Å². The molecule has 0 aromatic carbocycles. The maximum atomic E-state index is 3.33. The Labute approximate surface area is 64.0 Å². The minimum atomic E-state index is 0.729. The van der Waals surface area contributed by atoms with E-state index in [1.807, 2.05) is 0 Å². The summed E-state index contributed by atoms with van der Waals surface area (Å²) in [5.74, 6) is 7.29. The molecule has 0 radical (unpaired) electrons. The molecule has 56 valence electrons. The summed E-state index contributed by atoms with van der Waals surface area (Å²) in [6.07, 6.45) is 7.80. The van der Waals surface area contributed by atoms with Gasteiger partial charge in [0, 0.05) is 12.3 Å². The van der Waals surface area contributed by atoms with E-state index in [0.29, 0.717) is 0 Å². The highest BCUT2D eigenvalue weighted by Crippen LogP contribution is 2.16. The Kier molecular flexibility index (Phi) is 3.36. The normalized spacial score (nSPS) is 24.7. The molecular formula is C10H16. The summed E-state index contributed by atoms with van der Waals surface area (Å²) in [6.45, 7) is 2.24. The molecule has 0 aromatic rings. The van der Waals surface area contributed by atoms with Crippen LogP contribution in [-0.4, -0.2) is 0 Å². The van der Waals surface area contributed by atoms with Gasteiger partial charge in [0.25, 0.3) is 0 Å². The highest BCUT2D eigenvalue weighted by Gasteiger charge is 2.04. The Morgan fingerprint density at radius 3 is 3.10 bits per heavy atom. The lowest BCUT2D eigenvalue weighted by atomic mass is 9.99. The Morgan fingerprint density at radius 1 is 1.40 bits per heavy atom. The smallest absolute Gasteiger partial charge is 0.0202 e. The zero-order valence-electron chi connectivity index (χ0n) is 6.82. The summed E-state index contributed by atoms with van der Waals surface area (Å²) in [5.41, 5.74) is 0. The lowest BCUT2D eigenvalue weighted by Gasteiger charge is -2.05. The fraction of sp³-hybridized carbons (Fsp3) is 0.800. The molecule has 0 bridgehead atoms. The summed E-state index contributed by atoms with van der Waals surface area (Å²) >= 11 is 0. The predicted octanol–water partition coefficient (Wildman–Crippen LogP) is 2.98. The van der Waals surface area contributed by atoms with Crippen LogP contribution in [0.3, 0.4) is 0 Å². The third-order valence-electron chi connectivity index (χ3n) is 2.05. The van der Waals surface area contributed by atoms with Crippen LogP contribution in [0.4, 0.5) is 0 Å². The summed E-state index contributed by atoms with van der Waals surface area (Å²) < 4.78 is 0. The summed E-state index contributed by atoms with van der Waals surface area (Å²) in [6, 6.07) is 0. The second kappa shape index (κ2) is 4.39. The van der Waals surface area contributed by atoms with E-state index in [-0.39, 0.29) is 0 Å². The first-order valence-electron chi connectivity index (χ1n) is 4.42. The zero-order chi connectivity index (χ0) is 7.23. The van der Waals surface area contributed by atoms with Crippen molar-refractivity contribution in [2.75, 3.05) is 0 Å². The van der Waals surface area contributed by atoms with Crippen LogP contribution in [0.1, 0.15) is 45.4 Å². The van der Waals surface area contributed by atoms with Crippen molar-refractivity contribution in [2.24, 2.45) is 5.92 Å². The van der Waals surface area contributed by atoms with Gasteiger partial charge in [0.05, 0.1) is 0 Å². The van der Waals surface area contributed by atoms with E-state index < -0.39 is 0 Å². The maximum absolute atomic E-state index is 3.33. The highest BCUT2D eigenvalue weighted by molar-refractivity contribution is 5.05. The molecule has 1 aliphatic carbocycles. The second-order valence-electron chi connectivity index (χ2n) is 3.05. The van der Waals surface area contributed by atoms with E-state index in [0.717, 1.165) is 12.3 Å². The molecule has 0 spiro atoms. The van der Waals surface area contributed by atoms with Gasteiger partial charge < -0.3 is 0 Å². The average Bonchev–Trinajstić information content (AvgIpc) is 2.17. The molecule has 1 rings (SSSR count). The molecule has 0 aliphatic heterocycles. The second-order valence-corrected chi connectivity index (χ2v) is 3.05. The van der Waals surface area contributed by atoms with Gasteiger partial charge in [0.2, 0.25) is 0 Å². The maximum Gasteiger partial charge on any atom is 0.0202 e. The van der Waals surface area contributed by atoms with Gasteiger partial charge in [-0.1, -0.05) is 25.7 Å². The largest absolute Gasteiger partial charge is 0.103 e. The molecular weight excluding hydrogens is 120 g/mol. The van der Waals surface area contributed by atoms with E-state index in [2.05, 4.69) is 18.8 Å². The molecule has 0 amide bonds. The van der Waals surface area contributed by atoms with Crippen LogP contribution < -0.4 is 0 Å². The third kappa shape index (κ3) is 2.43. The van der Waals surface area contributed by atoms with Crippen LogP contribution >= 0.6 is 0 Å². The molecule has 1 aliphatic rings. The first-order chi connectivity index (χ1) is 4.93. The molecule has 0 heterocycles. The van der Waals surface area contributed by atoms with Gasteiger partial charge in [-0.15, -0.1) is 5.92 Å². The van der Waals surface area contributed by atoms with E-state index in [1.54, 1.807) is 0 Å². The number of rotatable bonds is 2. The van der Waals surface area contributed by atoms with Gasteiger partial charge >= 0.3 is 0 Å². The van der Waals surface area contributed by atoms with E-state index in [4.69, 9.17) is 0 Å². The average molecular weight is 136 g/mol. The Hall–Kier alpha value is -0.440. The first-order valence-corrected chi connectivity index (χ1v) is 4.42. The minimum absolute atomic E-state index is 0.729. The van der Waals surface area contributed by atoms with Crippen LogP contribution in [0.25, 0.3) is 0 Å². The molecule has 1 unspecified atom stereocenters. The quantitative estimate of drug-likeness (QED) is 0.512. The van der Waals surface area contributed by atoms with Crippen LogP contribution in [0.15, 0.2) is 0 Å². The third-order valence-corrected chi connectivity index (χ3v) is 2.05. The lowest BCUT2D eigenvalue weighted by molar-refractivity contribution is 0.530. The molecule has 0 nitrogen and oxygen atoms in total. The fourth-order valence-corrected chi connectivity index (χ4v) is 1.46. The zero-order valence-corrected chi connectivity index (χ0v) is 6.82. The van der Waals surface area contributed by atoms with Crippen molar-refractivity contribution in [1.29, 1.82) is 0 Å². The van der Waals surface area contributed by atoms with E-state index >= 15 is 0 Å². The van der Waals surface area contributed by atoms with Crippen LogP contribution in [-0.2, 0) is 0 Å². The van der Waals surface area contributed by atoms with Crippen LogP contribution in [0, 0.1) is 17.8 Å². The molecule has 10 heavy (non-hydrogen) atoms. The van der Waals surface area contributed by atoms with Gasteiger partial charge in [-0.2, -0.15) is 0 Å². The Bertz CT molecular complexity index is 136. The molecule has 0 N–H and O–H groups in total. The summed E-state index contributed by atoms with van der Waals surface area (Å²) in [5, 5.41) is 0. The minimum Gasteiger partial charge on any atom is -0.103 e. The first kappa shape index (κ1) is 7.66. The lowest BCUT2D eigenvalue weighted by Crippen LogP contribution is -1.94. The van der Waals surface area contributed by atoms with Crippen molar-refractivity contribution >= 4 is 0 Å². The molecule has 0 saturated heterocycles. The molecule has 0 fully saturated rings. The molecule has 0 saturated carbocycles. The van der Waals surface area contributed by atoms with Crippen LogP contribution in [0.5, 0.6) is 0 Å². The van der Waals surface area contributed by atoms with Gasteiger partial charge in [-0.05, 0) is 19.3 Å². The van der Waals surface area contributed by atoms with Crippen molar-refractivity contribution in [3.8, 4) is 11.8 Å². The molecule has 1 atom stereocenters. The Morgan fingerprint density at radius 2 is 2.30 bits per heavy atom. The summed E-state index contributed by atoms with van der Waals surface area (Å²) in [4.78, 5) is 0.